The van der Waals surface area contributed by atoms with Crippen molar-refractivity contribution >= 4 is 23.3 Å². The lowest BCUT2D eigenvalue weighted by atomic mass is 10.1. The summed E-state index contributed by atoms with van der Waals surface area (Å²) in [6, 6.07) is 14.2. The van der Waals surface area contributed by atoms with Gasteiger partial charge in [0.2, 0.25) is 0 Å². The lowest BCUT2D eigenvalue weighted by molar-refractivity contribution is 0.249. The van der Waals surface area contributed by atoms with Gasteiger partial charge >= 0.3 is 6.03 Å². The molecule has 1 heterocycles. The number of carbonyl (C=O) groups is 1. The normalized spacial score (nSPS) is 12.0. The molecule has 140 valence electrons. The second kappa shape index (κ2) is 8.22. The first-order valence-corrected chi connectivity index (χ1v) is 9.07. The number of hydrogen-bond acceptors (Lipinski definition) is 4. The zero-order chi connectivity index (χ0) is 19.4. The number of nitrogens with one attached hydrogen (secondary N) is 2. The molecule has 1 atom stereocenters. The van der Waals surface area contributed by atoms with Gasteiger partial charge in [0.05, 0.1) is 6.04 Å². The van der Waals surface area contributed by atoms with E-state index in [1.165, 1.54) is 0 Å². The SMILES string of the molecule is CC(C)c1noc(-c2ccc(NC(=O)NC(C)c3cccc(Cl)c3)cc2)n1. The van der Waals surface area contributed by atoms with Crippen LogP contribution < -0.4 is 10.6 Å². The maximum Gasteiger partial charge on any atom is 0.319 e. The maximum absolute atomic E-state index is 12.2. The number of aromatic nitrogens is 2. The van der Waals surface area contributed by atoms with E-state index < -0.39 is 0 Å². The summed E-state index contributed by atoms with van der Waals surface area (Å²) >= 11 is 5.99. The van der Waals surface area contributed by atoms with Gasteiger partial charge in [-0.05, 0) is 48.9 Å². The Hall–Kier alpha value is -2.86. The van der Waals surface area contributed by atoms with Crippen molar-refractivity contribution < 1.29 is 9.32 Å². The minimum absolute atomic E-state index is 0.171. The molecular formula is C20H21ClN4O2. The van der Waals surface area contributed by atoms with Crippen LogP contribution in [0.15, 0.2) is 53.1 Å². The molecule has 0 radical (unpaired) electrons. The second-order valence-electron chi connectivity index (χ2n) is 6.56. The largest absolute Gasteiger partial charge is 0.334 e. The molecule has 0 bridgehead atoms. The van der Waals surface area contributed by atoms with Gasteiger partial charge in [-0.1, -0.05) is 42.7 Å². The van der Waals surface area contributed by atoms with Crippen LogP contribution in [-0.2, 0) is 0 Å². The van der Waals surface area contributed by atoms with E-state index in [2.05, 4.69) is 20.8 Å². The van der Waals surface area contributed by atoms with Gasteiger partial charge in [-0.3, -0.25) is 0 Å². The number of rotatable bonds is 5. The Balaban J connectivity index is 1.61. The van der Waals surface area contributed by atoms with E-state index in [4.69, 9.17) is 16.1 Å². The highest BCUT2D eigenvalue weighted by Gasteiger charge is 2.13. The Morgan fingerprint density at radius 3 is 2.48 bits per heavy atom. The van der Waals surface area contributed by atoms with Crippen molar-refractivity contribution in [3.05, 3.63) is 64.9 Å². The van der Waals surface area contributed by atoms with Gasteiger partial charge in [-0.25, -0.2) is 4.79 Å². The minimum Gasteiger partial charge on any atom is -0.334 e. The zero-order valence-electron chi connectivity index (χ0n) is 15.4. The molecule has 3 rings (SSSR count). The van der Waals surface area contributed by atoms with Crippen molar-refractivity contribution in [2.45, 2.75) is 32.7 Å². The molecule has 0 aliphatic heterocycles. The summed E-state index contributed by atoms with van der Waals surface area (Å²) in [5, 5.41) is 10.3. The van der Waals surface area contributed by atoms with Crippen LogP contribution >= 0.6 is 11.6 Å². The highest BCUT2D eigenvalue weighted by Crippen LogP contribution is 2.22. The number of hydrogen-bond donors (Lipinski definition) is 2. The molecular weight excluding hydrogens is 364 g/mol. The van der Waals surface area contributed by atoms with E-state index in [1.807, 2.05) is 51.1 Å². The lowest BCUT2D eigenvalue weighted by Crippen LogP contribution is -2.31. The van der Waals surface area contributed by atoms with Crippen molar-refractivity contribution in [3.63, 3.8) is 0 Å². The van der Waals surface area contributed by atoms with E-state index in [0.717, 1.165) is 11.1 Å². The summed E-state index contributed by atoms with van der Waals surface area (Å²) in [5.41, 5.74) is 2.40. The summed E-state index contributed by atoms with van der Waals surface area (Å²) in [7, 11) is 0. The summed E-state index contributed by atoms with van der Waals surface area (Å²) in [4.78, 5) is 16.6. The number of nitrogens with zero attached hydrogens (tertiary/aromatic N) is 2. The molecule has 7 heteroatoms. The van der Waals surface area contributed by atoms with Crippen molar-refractivity contribution in [2.75, 3.05) is 5.32 Å². The standard InChI is InChI=1S/C20H21ClN4O2/c1-12(2)18-24-19(27-25-18)14-7-9-17(10-8-14)23-20(26)22-13(3)15-5-4-6-16(21)11-15/h4-13H,1-3H3,(H2,22,23,26). The van der Waals surface area contributed by atoms with Crippen LogP contribution in [0.3, 0.4) is 0 Å². The Bertz CT molecular complexity index is 922. The Morgan fingerprint density at radius 1 is 1.11 bits per heavy atom. The second-order valence-corrected chi connectivity index (χ2v) is 7.00. The molecule has 3 aromatic rings. The Morgan fingerprint density at radius 2 is 1.85 bits per heavy atom. The molecule has 2 aromatic carbocycles. The van der Waals surface area contributed by atoms with Crippen LogP contribution in [0.25, 0.3) is 11.5 Å². The Labute approximate surface area is 162 Å². The van der Waals surface area contributed by atoms with E-state index in [-0.39, 0.29) is 18.0 Å². The fourth-order valence-corrected chi connectivity index (χ4v) is 2.70. The smallest absolute Gasteiger partial charge is 0.319 e. The van der Waals surface area contributed by atoms with Crippen LogP contribution in [0.5, 0.6) is 0 Å². The quantitative estimate of drug-likeness (QED) is 0.617. The molecule has 0 saturated heterocycles. The average Bonchev–Trinajstić information content (AvgIpc) is 3.12. The molecule has 1 aromatic heterocycles. The van der Waals surface area contributed by atoms with E-state index in [1.54, 1.807) is 18.2 Å². The summed E-state index contributed by atoms with van der Waals surface area (Å²) < 4.78 is 5.27. The number of carbonyl (C=O) groups excluding carboxylic acids is 1. The number of urea groups is 1. The minimum atomic E-state index is -0.296. The average molecular weight is 385 g/mol. The molecule has 2 amide bonds. The molecule has 6 nitrogen and oxygen atoms in total. The highest BCUT2D eigenvalue weighted by molar-refractivity contribution is 6.30. The molecule has 1 unspecified atom stereocenters. The summed E-state index contributed by atoms with van der Waals surface area (Å²) in [6.07, 6.45) is 0. The maximum atomic E-state index is 12.2. The van der Waals surface area contributed by atoms with Gasteiger partial charge < -0.3 is 15.2 Å². The summed E-state index contributed by atoms with van der Waals surface area (Å²) in [6.45, 7) is 5.91. The van der Waals surface area contributed by atoms with Gasteiger partial charge in [0.1, 0.15) is 0 Å². The van der Waals surface area contributed by atoms with Gasteiger partial charge in [0.15, 0.2) is 5.82 Å². The summed E-state index contributed by atoms with van der Waals surface area (Å²) in [5.74, 6) is 1.33. The van der Waals surface area contributed by atoms with Crippen LogP contribution in [0.2, 0.25) is 5.02 Å². The van der Waals surface area contributed by atoms with Gasteiger partial charge in [0, 0.05) is 22.2 Å². The lowest BCUT2D eigenvalue weighted by Gasteiger charge is -2.15. The van der Waals surface area contributed by atoms with Crippen LogP contribution in [0, 0.1) is 0 Å². The van der Waals surface area contributed by atoms with E-state index >= 15 is 0 Å². The first-order valence-electron chi connectivity index (χ1n) is 8.69. The molecule has 0 fully saturated rings. The monoisotopic (exact) mass is 384 g/mol. The van der Waals surface area contributed by atoms with Crippen molar-refractivity contribution in [3.8, 4) is 11.5 Å². The zero-order valence-corrected chi connectivity index (χ0v) is 16.1. The molecule has 0 aliphatic carbocycles. The third-order valence-electron chi connectivity index (χ3n) is 4.04. The number of amides is 2. The third-order valence-corrected chi connectivity index (χ3v) is 4.28. The first-order chi connectivity index (χ1) is 12.9. The fourth-order valence-electron chi connectivity index (χ4n) is 2.51. The van der Waals surface area contributed by atoms with Crippen molar-refractivity contribution in [1.29, 1.82) is 0 Å². The van der Waals surface area contributed by atoms with Gasteiger partial charge in [0.25, 0.3) is 5.89 Å². The number of benzene rings is 2. The number of halogens is 1. The van der Waals surface area contributed by atoms with Crippen LogP contribution in [0.4, 0.5) is 10.5 Å². The first kappa shape index (κ1) is 18.9. The molecule has 0 saturated carbocycles. The molecule has 0 spiro atoms. The van der Waals surface area contributed by atoms with Crippen LogP contribution in [0.1, 0.15) is 44.1 Å². The van der Waals surface area contributed by atoms with Gasteiger partial charge in [-0.15, -0.1) is 0 Å². The highest BCUT2D eigenvalue weighted by atomic mass is 35.5. The Kier molecular flexibility index (Phi) is 5.76. The van der Waals surface area contributed by atoms with Crippen molar-refractivity contribution in [2.24, 2.45) is 0 Å². The molecule has 27 heavy (non-hydrogen) atoms. The molecule has 0 aliphatic rings. The van der Waals surface area contributed by atoms with E-state index in [9.17, 15) is 4.79 Å². The fraction of sp³-hybridized carbons (Fsp3) is 0.250. The predicted octanol–water partition coefficient (Wildman–Crippen LogP) is 5.40. The van der Waals surface area contributed by atoms with Gasteiger partial charge in [-0.2, -0.15) is 4.98 Å². The number of anilines is 1. The van der Waals surface area contributed by atoms with E-state index in [0.29, 0.717) is 22.4 Å². The van der Waals surface area contributed by atoms with Crippen molar-refractivity contribution in [1.82, 2.24) is 15.5 Å². The molecule has 2 N–H and O–H groups in total. The topological polar surface area (TPSA) is 80.0 Å². The van der Waals surface area contributed by atoms with Crippen LogP contribution in [-0.4, -0.2) is 16.2 Å². The third kappa shape index (κ3) is 4.86. The predicted molar refractivity (Wildman–Crippen MR) is 106 cm³/mol.